The Morgan fingerprint density at radius 1 is 1.17 bits per heavy atom. The molecule has 1 aromatic carbocycles. The van der Waals surface area contributed by atoms with Crippen LogP contribution in [0.15, 0.2) is 24.3 Å². The Kier molecular flexibility index (Phi) is 4.90. The van der Waals surface area contributed by atoms with Gasteiger partial charge in [0.25, 0.3) is 0 Å². The normalized spacial score (nSPS) is 20.1. The molecule has 0 aromatic heterocycles. The molecule has 18 heavy (non-hydrogen) atoms. The minimum atomic E-state index is 0. The highest BCUT2D eigenvalue weighted by atomic mass is 35.5. The predicted octanol–water partition coefficient (Wildman–Crippen LogP) is 2.86. The third-order valence-corrected chi connectivity index (χ3v) is 4.14. The molecule has 0 saturated carbocycles. The van der Waals surface area contributed by atoms with E-state index < -0.39 is 0 Å². The van der Waals surface area contributed by atoms with E-state index in [0.717, 1.165) is 5.92 Å². The molecule has 2 aliphatic rings. The van der Waals surface area contributed by atoms with Crippen LogP contribution >= 0.6 is 12.4 Å². The maximum atomic E-state index is 3.45. The van der Waals surface area contributed by atoms with E-state index in [-0.39, 0.29) is 12.4 Å². The number of piperidine rings is 1. The van der Waals surface area contributed by atoms with Gasteiger partial charge in [0.2, 0.25) is 0 Å². The third kappa shape index (κ3) is 2.99. The van der Waals surface area contributed by atoms with Crippen LogP contribution < -0.4 is 10.2 Å². The number of rotatable bonds is 2. The van der Waals surface area contributed by atoms with Crippen molar-refractivity contribution in [1.29, 1.82) is 0 Å². The summed E-state index contributed by atoms with van der Waals surface area (Å²) in [6.45, 7) is 4.93. The summed E-state index contributed by atoms with van der Waals surface area (Å²) < 4.78 is 0. The molecule has 1 aromatic rings. The van der Waals surface area contributed by atoms with Crippen LogP contribution in [0, 0.1) is 5.92 Å². The second-order valence-electron chi connectivity index (χ2n) is 5.37. The van der Waals surface area contributed by atoms with Crippen molar-refractivity contribution in [1.82, 2.24) is 5.32 Å². The number of halogens is 1. The zero-order valence-corrected chi connectivity index (χ0v) is 11.7. The van der Waals surface area contributed by atoms with E-state index in [0.29, 0.717) is 0 Å². The summed E-state index contributed by atoms with van der Waals surface area (Å²) in [7, 11) is 0. The van der Waals surface area contributed by atoms with Crippen LogP contribution in [-0.4, -0.2) is 26.2 Å². The van der Waals surface area contributed by atoms with Crippen molar-refractivity contribution in [2.45, 2.75) is 25.7 Å². The zero-order chi connectivity index (χ0) is 11.5. The molecule has 0 amide bonds. The topological polar surface area (TPSA) is 15.3 Å². The number of hydrogen-bond acceptors (Lipinski definition) is 2. The molecule has 0 aliphatic carbocycles. The maximum absolute atomic E-state index is 3.45. The Hall–Kier alpha value is -0.730. The van der Waals surface area contributed by atoms with E-state index in [4.69, 9.17) is 0 Å². The van der Waals surface area contributed by atoms with Crippen LogP contribution in [0.5, 0.6) is 0 Å². The molecule has 0 spiro atoms. The van der Waals surface area contributed by atoms with Gasteiger partial charge >= 0.3 is 0 Å². The average Bonchev–Trinajstić information content (AvgIpc) is 2.40. The van der Waals surface area contributed by atoms with Crippen LogP contribution in [-0.2, 0) is 6.42 Å². The molecule has 3 heteroatoms. The Labute approximate surface area is 116 Å². The van der Waals surface area contributed by atoms with E-state index in [1.165, 1.54) is 57.5 Å². The lowest BCUT2D eigenvalue weighted by molar-refractivity contribution is 0.371. The molecule has 1 saturated heterocycles. The van der Waals surface area contributed by atoms with Gasteiger partial charge in [0.1, 0.15) is 0 Å². The predicted molar refractivity (Wildman–Crippen MR) is 79.8 cm³/mol. The smallest absolute Gasteiger partial charge is 0.0398 e. The van der Waals surface area contributed by atoms with Crippen molar-refractivity contribution in [3.8, 4) is 0 Å². The average molecular weight is 267 g/mol. The number of hydrogen-bond donors (Lipinski definition) is 1. The number of benzene rings is 1. The van der Waals surface area contributed by atoms with Crippen molar-refractivity contribution in [3.63, 3.8) is 0 Å². The summed E-state index contributed by atoms with van der Waals surface area (Å²) in [5, 5.41) is 3.45. The van der Waals surface area contributed by atoms with Gasteiger partial charge in [-0.25, -0.2) is 0 Å². The van der Waals surface area contributed by atoms with Crippen molar-refractivity contribution in [2.75, 3.05) is 31.1 Å². The fraction of sp³-hybridized carbons (Fsp3) is 0.600. The minimum Gasteiger partial charge on any atom is -0.371 e. The van der Waals surface area contributed by atoms with Gasteiger partial charge in [0.05, 0.1) is 0 Å². The minimum absolute atomic E-state index is 0. The molecule has 0 unspecified atom stereocenters. The lowest BCUT2D eigenvalue weighted by Gasteiger charge is -2.35. The molecule has 0 bridgehead atoms. The summed E-state index contributed by atoms with van der Waals surface area (Å²) in [5.74, 6) is 0.891. The first kappa shape index (κ1) is 13.7. The highest BCUT2D eigenvalue weighted by molar-refractivity contribution is 5.85. The second-order valence-corrected chi connectivity index (χ2v) is 5.37. The second kappa shape index (κ2) is 6.44. The van der Waals surface area contributed by atoms with Crippen LogP contribution in [0.4, 0.5) is 5.69 Å². The molecular formula is C15H23ClN2. The zero-order valence-electron chi connectivity index (χ0n) is 10.9. The number of fused-ring (bicyclic) bond motifs is 1. The molecule has 2 heterocycles. The first-order valence-electron chi connectivity index (χ1n) is 6.97. The fourth-order valence-corrected chi connectivity index (χ4v) is 3.18. The molecular weight excluding hydrogens is 244 g/mol. The third-order valence-electron chi connectivity index (χ3n) is 4.14. The molecule has 2 aliphatic heterocycles. The molecule has 0 radical (unpaired) electrons. The van der Waals surface area contributed by atoms with Gasteiger partial charge in [0.15, 0.2) is 0 Å². The number of anilines is 1. The lowest BCUT2D eigenvalue weighted by atomic mass is 9.95. The first-order valence-corrected chi connectivity index (χ1v) is 6.97. The maximum Gasteiger partial charge on any atom is 0.0398 e. The van der Waals surface area contributed by atoms with Gasteiger partial charge in [-0.2, -0.15) is 0 Å². The lowest BCUT2D eigenvalue weighted by Crippen LogP contribution is -2.38. The largest absolute Gasteiger partial charge is 0.371 e. The molecule has 3 rings (SSSR count). The van der Waals surface area contributed by atoms with Crippen LogP contribution in [0.25, 0.3) is 0 Å². The molecule has 1 N–H and O–H groups in total. The number of nitrogens with one attached hydrogen (secondary N) is 1. The standard InChI is InChI=1S/C15H22N2.ClH/c1-2-6-15-14(4-1)5-3-11-17(15)12-13-7-9-16-10-8-13;/h1-2,4,6,13,16H,3,5,7-12H2;1H. The fourth-order valence-electron chi connectivity index (χ4n) is 3.18. The molecule has 0 atom stereocenters. The Balaban J connectivity index is 0.00000120. The summed E-state index contributed by atoms with van der Waals surface area (Å²) in [6, 6.07) is 8.95. The van der Waals surface area contributed by atoms with E-state index >= 15 is 0 Å². The Morgan fingerprint density at radius 3 is 2.78 bits per heavy atom. The van der Waals surface area contributed by atoms with Crippen LogP contribution in [0.3, 0.4) is 0 Å². The van der Waals surface area contributed by atoms with Gasteiger partial charge in [0, 0.05) is 18.8 Å². The monoisotopic (exact) mass is 266 g/mol. The number of aryl methyl sites for hydroxylation is 1. The Bertz CT molecular complexity index is 375. The Morgan fingerprint density at radius 2 is 1.94 bits per heavy atom. The summed E-state index contributed by atoms with van der Waals surface area (Å²) in [5.41, 5.74) is 3.05. The quantitative estimate of drug-likeness (QED) is 0.886. The van der Waals surface area contributed by atoms with Crippen LogP contribution in [0.1, 0.15) is 24.8 Å². The summed E-state index contributed by atoms with van der Waals surface area (Å²) in [4.78, 5) is 2.62. The van der Waals surface area contributed by atoms with Gasteiger partial charge in [-0.05, 0) is 56.3 Å². The van der Waals surface area contributed by atoms with Crippen molar-refractivity contribution >= 4 is 18.1 Å². The van der Waals surface area contributed by atoms with E-state index in [1.807, 2.05) is 0 Å². The summed E-state index contributed by atoms with van der Waals surface area (Å²) in [6.07, 6.45) is 5.28. The molecule has 2 nitrogen and oxygen atoms in total. The molecule has 100 valence electrons. The highest BCUT2D eigenvalue weighted by Gasteiger charge is 2.21. The van der Waals surface area contributed by atoms with E-state index in [1.54, 1.807) is 5.56 Å². The van der Waals surface area contributed by atoms with Crippen molar-refractivity contribution in [2.24, 2.45) is 5.92 Å². The van der Waals surface area contributed by atoms with E-state index in [2.05, 4.69) is 34.5 Å². The SMILES string of the molecule is Cl.c1ccc2c(c1)CCCN2CC1CCNCC1. The summed E-state index contributed by atoms with van der Waals surface area (Å²) >= 11 is 0. The van der Waals surface area contributed by atoms with Crippen molar-refractivity contribution < 1.29 is 0 Å². The highest BCUT2D eigenvalue weighted by Crippen LogP contribution is 2.28. The number of para-hydroxylation sites is 1. The van der Waals surface area contributed by atoms with Gasteiger partial charge < -0.3 is 10.2 Å². The van der Waals surface area contributed by atoms with Crippen LogP contribution in [0.2, 0.25) is 0 Å². The van der Waals surface area contributed by atoms with Gasteiger partial charge in [-0.15, -0.1) is 12.4 Å². The number of nitrogens with zero attached hydrogens (tertiary/aromatic N) is 1. The van der Waals surface area contributed by atoms with Gasteiger partial charge in [-0.1, -0.05) is 18.2 Å². The van der Waals surface area contributed by atoms with Gasteiger partial charge in [-0.3, -0.25) is 0 Å². The first-order chi connectivity index (χ1) is 8.43. The van der Waals surface area contributed by atoms with E-state index in [9.17, 15) is 0 Å². The van der Waals surface area contributed by atoms with Crippen molar-refractivity contribution in [3.05, 3.63) is 29.8 Å². The molecule has 1 fully saturated rings.